The van der Waals surface area contributed by atoms with Crippen LogP contribution in [0.4, 0.5) is 0 Å². The van der Waals surface area contributed by atoms with E-state index in [-0.39, 0.29) is 29.4 Å². The number of piperidine rings is 1. The first-order valence-electron chi connectivity index (χ1n) is 12.9. The summed E-state index contributed by atoms with van der Waals surface area (Å²) in [6.07, 6.45) is 1.78. The normalized spacial score (nSPS) is 20.9. The Morgan fingerprint density at radius 1 is 1.03 bits per heavy atom. The second kappa shape index (κ2) is 11.6. The van der Waals surface area contributed by atoms with Gasteiger partial charge < -0.3 is 24.3 Å². The van der Waals surface area contributed by atoms with E-state index in [0.717, 1.165) is 44.0 Å². The molecule has 1 amide bonds. The molecule has 36 heavy (non-hydrogen) atoms. The summed E-state index contributed by atoms with van der Waals surface area (Å²) >= 11 is 0. The fourth-order valence-corrected chi connectivity index (χ4v) is 5.72. The van der Waals surface area contributed by atoms with Gasteiger partial charge in [0.05, 0.1) is 39.6 Å². The molecule has 4 rings (SSSR count). The Balaban J connectivity index is 1.57. The van der Waals surface area contributed by atoms with Crippen LogP contribution in [-0.2, 0) is 26.2 Å². The molecule has 1 aliphatic carbocycles. The molecule has 2 atom stereocenters. The summed E-state index contributed by atoms with van der Waals surface area (Å²) in [6.45, 7) is 7.58. The number of nitrogens with one attached hydrogen (secondary N) is 1. The van der Waals surface area contributed by atoms with Gasteiger partial charge in [0.15, 0.2) is 0 Å². The number of likely N-dealkylation sites (tertiary alicyclic amines) is 1. The van der Waals surface area contributed by atoms with Crippen LogP contribution in [0.5, 0.6) is 11.5 Å². The van der Waals surface area contributed by atoms with Crippen molar-refractivity contribution < 1.29 is 23.7 Å². The number of ether oxygens (including phenoxy) is 4. The number of fused-ring (bicyclic) bond motifs is 2. The Kier molecular flexibility index (Phi) is 8.54. The molecule has 0 radical (unpaired) electrons. The van der Waals surface area contributed by atoms with Gasteiger partial charge in [-0.1, -0.05) is 38.1 Å². The van der Waals surface area contributed by atoms with E-state index < -0.39 is 0 Å². The van der Waals surface area contributed by atoms with Crippen molar-refractivity contribution in [2.45, 2.75) is 50.8 Å². The second-order valence-corrected chi connectivity index (χ2v) is 10.2. The number of hydrogen-bond donors (Lipinski definition) is 1. The largest absolute Gasteiger partial charge is 0.497 e. The number of methoxy groups -OCH3 is 3. The maximum atomic E-state index is 12.8. The minimum atomic E-state index is -0.165. The topological polar surface area (TPSA) is 69.3 Å². The molecule has 7 nitrogen and oxygen atoms in total. The monoisotopic (exact) mass is 496 g/mol. The quantitative estimate of drug-likeness (QED) is 0.500. The van der Waals surface area contributed by atoms with Crippen molar-refractivity contribution in [2.24, 2.45) is 5.92 Å². The van der Waals surface area contributed by atoms with Gasteiger partial charge in [-0.15, -0.1) is 0 Å². The summed E-state index contributed by atoms with van der Waals surface area (Å²) in [5, 5.41) is 3.31. The average molecular weight is 497 g/mol. The molecular weight excluding hydrogens is 456 g/mol. The summed E-state index contributed by atoms with van der Waals surface area (Å²) in [7, 11) is 5.05. The number of amides is 1. The number of rotatable bonds is 10. The van der Waals surface area contributed by atoms with Crippen LogP contribution in [0.25, 0.3) is 0 Å². The summed E-state index contributed by atoms with van der Waals surface area (Å²) in [5.74, 6) is 1.57. The van der Waals surface area contributed by atoms with Gasteiger partial charge in [0.1, 0.15) is 11.5 Å². The van der Waals surface area contributed by atoms with Crippen LogP contribution in [0.2, 0.25) is 0 Å². The lowest BCUT2D eigenvalue weighted by Crippen LogP contribution is -2.51. The molecule has 1 fully saturated rings. The molecule has 2 aliphatic rings. The highest BCUT2D eigenvalue weighted by atomic mass is 16.5. The van der Waals surface area contributed by atoms with Crippen molar-refractivity contribution in [3.05, 3.63) is 59.2 Å². The average Bonchev–Trinajstić information content (AvgIpc) is 3.13. The van der Waals surface area contributed by atoms with Gasteiger partial charge in [0, 0.05) is 31.1 Å². The summed E-state index contributed by atoms with van der Waals surface area (Å²) in [5.41, 5.74) is 3.51. The first-order chi connectivity index (χ1) is 17.4. The zero-order valence-corrected chi connectivity index (χ0v) is 22.2. The molecule has 0 unspecified atom stereocenters. The van der Waals surface area contributed by atoms with E-state index in [1.807, 2.05) is 19.9 Å². The van der Waals surface area contributed by atoms with Gasteiger partial charge in [0.2, 0.25) is 5.91 Å². The zero-order chi connectivity index (χ0) is 25.7. The van der Waals surface area contributed by atoms with Crippen LogP contribution in [0.1, 0.15) is 49.4 Å². The summed E-state index contributed by atoms with van der Waals surface area (Å²) in [4.78, 5) is 15.3. The Morgan fingerprint density at radius 3 is 2.31 bits per heavy atom. The highest BCUT2D eigenvalue weighted by Gasteiger charge is 2.54. The maximum absolute atomic E-state index is 12.8. The van der Waals surface area contributed by atoms with E-state index >= 15 is 0 Å². The van der Waals surface area contributed by atoms with Crippen molar-refractivity contribution in [1.82, 2.24) is 10.2 Å². The van der Waals surface area contributed by atoms with Crippen LogP contribution < -0.4 is 14.8 Å². The standard InChI is InChI=1S/C29H40N2O5/c1-20(2)28(32)30-26-24-8-6-7-9-25(24)29(27(26)36-15-14-33-3)10-12-31(13-11-29)19-21-16-22(34-4)18-23(17-21)35-5/h6-9,16-18,20,26-27H,10-15,19H2,1-5H3,(H,30,32)/t26-,27+/m1/s1. The smallest absolute Gasteiger partial charge is 0.223 e. The van der Waals surface area contributed by atoms with Crippen molar-refractivity contribution in [1.29, 1.82) is 0 Å². The Bertz CT molecular complexity index is 1010. The molecule has 1 saturated heterocycles. The molecule has 0 aromatic heterocycles. The van der Waals surface area contributed by atoms with Crippen molar-refractivity contribution in [2.75, 3.05) is 47.6 Å². The SMILES string of the molecule is COCCO[C@H]1[C@H](NC(=O)C(C)C)c2ccccc2C12CCN(Cc1cc(OC)cc(OC)c1)CC2. The molecule has 1 aliphatic heterocycles. The molecule has 0 saturated carbocycles. The molecule has 1 heterocycles. The van der Waals surface area contributed by atoms with Crippen LogP contribution in [0, 0.1) is 5.92 Å². The fourth-order valence-electron chi connectivity index (χ4n) is 5.72. The van der Waals surface area contributed by atoms with E-state index in [1.54, 1.807) is 21.3 Å². The Labute approximate surface area is 215 Å². The molecule has 1 N–H and O–H groups in total. The zero-order valence-electron chi connectivity index (χ0n) is 22.2. The molecule has 0 bridgehead atoms. The lowest BCUT2D eigenvalue weighted by molar-refractivity contribution is -0.127. The van der Waals surface area contributed by atoms with Gasteiger partial charge >= 0.3 is 0 Å². The molecular formula is C29H40N2O5. The predicted octanol–water partition coefficient (Wildman–Crippen LogP) is 4.10. The molecule has 1 spiro atoms. The number of nitrogens with zero attached hydrogens (tertiary/aromatic N) is 1. The van der Waals surface area contributed by atoms with Gasteiger partial charge in [-0.25, -0.2) is 0 Å². The number of benzene rings is 2. The van der Waals surface area contributed by atoms with Crippen LogP contribution in [-0.4, -0.2) is 64.5 Å². The van der Waals surface area contributed by atoms with Gasteiger partial charge in [-0.2, -0.15) is 0 Å². The first kappa shape index (κ1) is 26.5. The number of hydrogen-bond acceptors (Lipinski definition) is 6. The van der Waals surface area contributed by atoms with Gasteiger partial charge in [-0.3, -0.25) is 9.69 Å². The van der Waals surface area contributed by atoms with E-state index in [4.69, 9.17) is 18.9 Å². The van der Waals surface area contributed by atoms with E-state index in [1.165, 1.54) is 16.7 Å². The Hall–Kier alpha value is -2.61. The molecule has 196 valence electrons. The fraction of sp³-hybridized carbons (Fsp3) is 0.552. The Morgan fingerprint density at radius 2 is 1.69 bits per heavy atom. The molecule has 2 aromatic rings. The molecule has 2 aromatic carbocycles. The lowest BCUT2D eigenvalue weighted by atomic mass is 9.71. The summed E-state index contributed by atoms with van der Waals surface area (Å²) < 4.78 is 22.8. The van der Waals surface area contributed by atoms with Crippen molar-refractivity contribution in [3.63, 3.8) is 0 Å². The van der Waals surface area contributed by atoms with E-state index in [9.17, 15) is 4.79 Å². The maximum Gasteiger partial charge on any atom is 0.223 e. The highest BCUT2D eigenvalue weighted by molar-refractivity contribution is 5.78. The van der Waals surface area contributed by atoms with E-state index in [2.05, 4.69) is 46.6 Å². The second-order valence-electron chi connectivity index (χ2n) is 10.2. The van der Waals surface area contributed by atoms with Crippen LogP contribution in [0.15, 0.2) is 42.5 Å². The predicted molar refractivity (Wildman–Crippen MR) is 140 cm³/mol. The van der Waals surface area contributed by atoms with Crippen LogP contribution >= 0.6 is 0 Å². The third-order valence-corrected chi connectivity index (χ3v) is 7.65. The lowest BCUT2D eigenvalue weighted by Gasteiger charge is -2.44. The van der Waals surface area contributed by atoms with E-state index in [0.29, 0.717) is 13.2 Å². The highest BCUT2D eigenvalue weighted by Crippen LogP contribution is 2.52. The van der Waals surface area contributed by atoms with Crippen molar-refractivity contribution >= 4 is 5.91 Å². The molecule has 7 heteroatoms. The minimum Gasteiger partial charge on any atom is -0.497 e. The van der Waals surface area contributed by atoms with Gasteiger partial charge in [0.25, 0.3) is 0 Å². The number of carbonyl (C=O) groups is 1. The first-order valence-corrected chi connectivity index (χ1v) is 12.9. The summed E-state index contributed by atoms with van der Waals surface area (Å²) in [6, 6.07) is 14.4. The third-order valence-electron chi connectivity index (χ3n) is 7.65. The number of carbonyl (C=O) groups excluding carboxylic acids is 1. The van der Waals surface area contributed by atoms with Gasteiger partial charge in [-0.05, 0) is 54.8 Å². The third kappa shape index (κ3) is 5.38. The minimum absolute atomic E-state index is 0.0524. The van der Waals surface area contributed by atoms with Crippen molar-refractivity contribution in [3.8, 4) is 11.5 Å². The van der Waals surface area contributed by atoms with Crippen LogP contribution in [0.3, 0.4) is 0 Å².